The number of primary amides is 1. The maximum Gasteiger partial charge on any atom is 0.352 e. The molecule has 2 unspecified atom stereocenters. The molecule has 2 heterocycles. The van der Waals surface area contributed by atoms with Crippen molar-refractivity contribution < 1.29 is 4.79 Å². The van der Waals surface area contributed by atoms with Crippen molar-refractivity contribution in [1.82, 2.24) is 24.4 Å². The van der Waals surface area contributed by atoms with Crippen LogP contribution in [0.25, 0.3) is 5.65 Å². The Bertz CT molecular complexity index is 927. The van der Waals surface area contributed by atoms with Crippen molar-refractivity contribution in [2.75, 3.05) is 0 Å². The first-order chi connectivity index (χ1) is 12.5. The van der Waals surface area contributed by atoms with Crippen LogP contribution in [0.3, 0.4) is 0 Å². The van der Waals surface area contributed by atoms with Gasteiger partial charge in [-0.15, -0.1) is 5.10 Å². The minimum Gasteiger partial charge on any atom is -0.364 e. The Kier molecular flexibility index (Phi) is 3.76. The first kappa shape index (κ1) is 18.1. The van der Waals surface area contributed by atoms with Crippen molar-refractivity contribution in [2.24, 2.45) is 35.3 Å². The van der Waals surface area contributed by atoms with Crippen LogP contribution in [0.5, 0.6) is 0 Å². The molecule has 1 amide bonds. The normalized spacial score (nSPS) is 36.5. The molecule has 4 N–H and O–H groups in total. The van der Waals surface area contributed by atoms with Gasteiger partial charge >= 0.3 is 5.69 Å². The standard InChI is InChI=1S/C12H21N.C6H6N6O2/c1-10-3-9-4-11(2,6-10)8-12(13,5-9)7-10;1-11-6(14)12-2-8-3(4(7)13)5(12)9-10-11/h9H,3-8,13H2,1-2H3;2H,1H3,(H2,7,13). The molecule has 4 aliphatic carbocycles. The largest absolute Gasteiger partial charge is 0.364 e. The molecule has 9 nitrogen and oxygen atoms in total. The molecule has 27 heavy (non-hydrogen) atoms. The summed E-state index contributed by atoms with van der Waals surface area (Å²) in [4.78, 5) is 25.9. The Balaban J connectivity index is 0.000000134. The highest BCUT2D eigenvalue weighted by molar-refractivity contribution is 5.96. The fourth-order valence-electron chi connectivity index (χ4n) is 6.59. The number of imidazole rings is 1. The van der Waals surface area contributed by atoms with Crippen LogP contribution in [0.2, 0.25) is 0 Å². The van der Waals surface area contributed by atoms with Crippen molar-refractivity contribution in [1.29, 1.82) is 0 Å². The molecule has 0 radical (unpaired) electrons. The van der Waals surface area contributed by atoms with E-state index in [1.54, 1.807) is 0 Å². The Morgan fingerprint density at radius 1 is 1.19 bits per heavy atom. The van der Waals surface area contributed by atoms with Crippen LogP contribution < -0.4 is 17.2 Å². The molecule has 0 saturated heterocycles. The highest BCUT2D eigenvalue weighted by Crippen LogP contribution is 2.65. The molecule has 0 aromatic carbocycles. The smallest absolute Gasteiger partial charge is 0.352 e. The third-order valence-corrected chi connectivity index (χ3v) is 6.40. The van der Waals surface area contributed by atoms with Gasteiger partial charge in [0.1, 0.15) is 6.33 Å². The lowest BCUT2D eigenvalue weighted by Crippen LogP contribution is -2.62. The second kappa shape index (κ2) is 5.60. The minimum atomic E-state index is -0.741. The van der Waals surface area contributed by atoms with Gasteiger partial charge in [0.05, 0.1) is 0 Å². The topological polar surface area (TPSA) is 134 Å². The summed E-state index contributed by atoms with van der Waals surface area (Å²) in [7, 11) is 1.44. The van der Waals surface area contributed by atoms with Gasteiger partial charge in [-0.25, -0.2) is 14.2 Å². The number of rotatable bonds is 1. The fourth-order valence-corrected chi connectivity index (χ4v) is 6.59. The maximum absolute atomic E-state index is 11.4. The van der Waals surface area contributed by atoms with E-state index >= 15 is 0 Å². The summed E-state index contributed by atoms with van der Waals surface area (Å²) in [6.45, 7) is 4.94. The number of nitrogens with two attached hydrogens (primary N) is 2. The Morgan fingerprint density at radius 2 is 1.81 bits per heavy atom. The van der Waals surface area contributed by atoms with Gasteiger partial charge in [0.25, 0.3) is 5.91 Å². The van der Waals surface area contributed by atoms with E-state index in [0.717, 1.165) is 15.0 Å². The molecule has 4 saturated carbocycles. The number of aromatic nitrogens is 5. The highest BCUT2D eigenvalue weighted by atomic mass is 16.2. The lowest BCUT2D eigenvalue weighted by atomic mass is 9.43. The van der Waals surface area contributed by atoms with Crippen LogP contribution >= 0.6 is 0 Å². The molecule has 2 aromatic heterocycles. The Labute approximate surface area is 157 Å². The van der Waals surface area contributed by atoms with E-state index in [0.29, 0.717) is 10.8 Å². The Hall–Kier alpha value is -2.29. The van der Waals surface area contributed by atoms with Crippen molar-refractivity contribution in [3.8, 4) is 0 Å². The molecule has 0 spiro atoms. The van der Waals surface area contributed by atoms with E-state index in [1.165, 1.54) is 51.9 Å². The number of fused-ring (bicyclic) bond motifs is 1. The van der Waals surface area contributed by atoms with Gasteiger partial charge < -0.3 is 11.5 Å². The molecule has 4 bridgehead atoms. The van der Waals surface area contributed by atoms with Gasteiger partial charge in [-0.3, -0.25) is 4.79 Å². The summed E-state index contributed by atoms with van der Waals surface area (Å²) in [5, 5.41) is 7.14. The van der Waals surface area contributed by atoms with Gasteiger partial charge in [-0.1, -0.05) is 19.1 Å². The molecule has 4 fully saturated rings. The third kappa shape index (κ3) is 3.03. The molecule has 2 aromatic rings. The summed E-state index contributed by atoms with van der Waals surface area (Å²) in [5.41, 5.74) is 12.5. The summed E-state index contributed by atoms with van der Waals surface area (Å²) in [6, 6.07) is 0. The second-order valence-electron chi connectivity index (χ2n) is 9.64. The zero-order valence-electron chi connectivity index (χ0n) is 16.1. The summed E-state index contributed by atoms with van der Waals surface area (Å²) in [6.07, 6.45) is 9.46. The van der Waals surface area contributed by atoms with Crippen LogP contribution in [0, 0.1) is 16.7 Å². The first-order valence-corrected chi connectivity index (χ1v) is 9.37. The molecule has 0 aliphatic heterocycles. The summed E-state index contributed by atoms with van der Waals surface area (Å²) in [5.74, 6) is 0.214. The zero-order valence-corrected chi connectivity index (χ0v) is 16.1. The zero-order chi connectivity index (χ0) is 19.6. The lowest BCUT2D eigenvalue weighted by Gasteiger charge is -2.64. The SMILES string of the molecule is CC12CC3CC(C)(C1)CC(N)(C3)C2.Cn1nnc2c(C(N)=O)ncn2c1=O. The molecule has 2 atom stereocenters. The van der Waals surface area contributed by atoms with Gasteiger partial charge in [0.15, 0.2) is 11.3 Å². The molecule has 146 valence electrons. The van der Waals surface area contributed by atoms with Crippen LogP contribution in [-0.2, 0) is 7.05 Å². The minimum absolute atomic E-state index is 0.0600. The number of nitrogens with zero attached hydrogens (tertiary/aromatic N) is 5. The molecule has 9 heteroatoms. The number of hydrogen-bond donors (Lipinski definition) is 2. The van der Waals surface area contributed by atoms with Crippen molar-refractivity contribution >= 4 is 11.6 Å². The van der Waals surface area contributed by atoms with Crippen LogP contribution in [0.15, 0.2) is 11.1 Å². The fraction of sp³-hybridized carbons (Fsp3) is 0.722. The average molecular weight is 373 g/mol. The average Bonchev–Trinajstić information content (AvgIpc) is 2.91. The quantitative estimate of drug-likeness (QED) is 0.752. The summed E-state index contributed by atoms with van der Waals surface area (Å²) >= 11 is 0. The van der Waals surface area contributed by atoms with Gasteiger partial charge in [-0.05, 0) is 55.3 Å². The van der Waals surface area contributed by atoms with E-state index in [1.807, 2.05) is 0 Å². The number of aryl methyl sites for hydroxylation is 1. The lowest BCUT2D eigenvalue weighted by molar-refractivity contribution is -0.104. The van der Waals surface area contributed by atoms with Gasteiger partial charge in [-0.2, -0.15) is 4.68 Å². The van der Waals surface area contributed by atoms with Crippen LogP contribution in [0.1, 0.15) is 62.9 Å². The predicted molar refractivity (Wildman–Crippen MR) is 98.9 cm³/mol. The summed E-state index contributed by atoms with van der Waals surface area (Å²) < 4.78 is 2.13. The number of carbonyl (C=O) groups excluding carboxylic acids is 1. The van der Waals surface area contributed by atoms with Crippen LogP contribution in [-0.4, -0.2) is 35.8 Å². The molecular formula is C18H27N7O2. The monoisotopic (exact) mass is 373 g/mol. The van der Waals surface area contributed by atoms with E-state index in [9.17, 15) is 9.59 Å². The third-order valence-electron chi connectivity index (χ3n) is 6.40. The Morgan fingerprint density at radius 3 is 2.33 bits per heavy atom. The van der Waals surface area contributed by atoms with E-state index in [2.05, 4.69) is 29.1 Å². The highest BCUT2D eigenvalue weighted by Gasteiger charge is 2.58. The van der Waals surface area contributed by atoms with E-state index in [-0.39, 0.29) is 16.9 Å². The number of amides is 1. The van der Waals surface area contributed by atoms with Crippen molar-refractivity contribution in [3.63, 3.8) is 0 Å². The van der Waals surface area contributed by atoms with Gasteiger partial charge in [0.2, 0.25) is 0 Å². The second-order valence-corrected chi connectivity index (χ2v) is 9.64. The predicted octanol–water partition coefficient (Wildman–Crippen LogP) is 0.616. The van der Waals surface area contributed by atoms with Crippen molar-refractivity contribution in [3.05, 3.63) is 22.5 Å². The first-order valence-electron chi connectivity index (χ1n) is 9.37. The molecular weight excluding hydrogens is 346 g/mol. The number of carbonyl (C=O) groups is 1. The van der Waals surface area contributed by atoms with Crippen LogP contribution in [0.4, 0.5) is 0 Å². The molecule has 4 aliphatic rings. The maximum atomic E-state index is 11.4. The molecule has 6 rings (SSSR count). The van der Waals surface area contributed by atoms with Crippen molar-refractivity contribution in [2.45, 2.75) is 57.9 Å². The van der Waals surface area contributed by atoms with E-state index in [4.69, 9.17) is 11.5 Å². The number of hydrogen-bond acceptors (Lipinski definition) is 6. The van der Waals surface area contributed by atoms with Gasteiger partial charge in [0, 0.05) is 12.6 Å². The van der Waals surface area contributed by atoms with E-state index < -0.39 is 11.6 Å².